The zero-order valence-corrected chi connectivity index (χ0v) is 15.6. The monoisotopic (exact) mass is 336 g/mol. The van der Waals surface area contributed by atoms with Gasteiger partial charge in [-0.1, -0.05) is 20.8 Å². The molecule has 1 saturated heterocycles. The second-order valence-corrected chi connectivity index (χ2v) is 9.99. The predicted molar refractivity (Wildman–Crippen MR) is 93.4 cm³/mol. The summed E-state index contributed by atoms with van der Waals surface area (Å²) in [6.45, 7) is 9.09. The quantitative estimate of drug-likeness (QED) is 0.703. The number of sulfonamides is 1. The van der Waals surface area contributed by atoms with E-state index in [0.717, 1.165) is 38.0 Å². The second kappa shape index (κ2) is 9.38. The Morgan fingerprint density at radius 3 is 2.67 bits per heavy atom. The van der Waals surface area contributed by atoms with Crippen LogP contribution in [0.5, 0.6) is 0 Å². The third kappa shape index (κ3) is 7.86. The molecule has 1 rings (SSSR count). The van der Waals surface area contributed by atoms with Crippen molar-refractivity contribution in [2.45, 2.75) is 57.7 Å². The van der Waals surface area contributed by atoms with E-state index in [9.17, 15) is 8.42 Å². The van der Waals surface area contributed by atoms with Gasteiger partial charge in [0.15, 0.2) is 0 Å². The topological polar surface area (TPSA) is 49.4 Å². The lowest BCUT2D eigenvalue weighted by Crippen LogP contribution is -2.42. The van der Waals surface area contributed by atoms with Crippen LogP contribution in [0.25, 0.3) is 0 Å². The lowest BCUT2D eigenvalue weighted by molar-refractivity contribution is 0.242. The summed E-state index contributed by atoms with van der Waals surface area (Å²) in [5, 5.41) is 4.28. The highest BCUT2D eigenvalue weighted by atomic mass is 32.2. The third-order valence-corrected chi connectivity index (χ3v) is 6.41. The Morgan fingerprint density at radius 1 is 1.38 bits per heavy atom. The fourth-order valence-electron chi connectivity index (χ4n) is 2.79. The highest BCUT2D eigenvalue weighted by Gasteiger charge is 2.27. The van der Waals surface area contributed by atoms with Crippen molar-refractivity contribution in [3.63, 3.8) is 0 Å². The third-order valence-electron chi connectivity index (χ3n) is 3.88. The van der Waals surface area contributed by atoms with Crippen LogP contribution >= 0.6 is 11.8 Å². The Kier molecular flexibility index (Phi) is 8.61. The molecule has 0 aliphatic carbocycles. The molecule has 6 heteroatoms. The molecule has 0 aromatic heterocycles. The summed E-state index contributed by atoms with van der Waals surface area (Å²) in [5.74, 6) is 1.61. The molecule has 0 aromatic carbocycles. The minimum absolute atomic E-state index is 0.496. The van der Waals surface area contributed by atoms with Crippen molar-refractivity contribution in [2.24, 2.45) is 5.92 Å². The number of hydrogen-bond acceptors (Lipinski definition) is 4. The van der Waals surface area contributed by atoms with Crippen LogP contribution in [0, 0.1) is 5.92 Å². The van der Waals surface area contributed by atoms with Crippen LogP contribution in [0.15, 0.2) is 0 Å². The summed E-state index contributed by atoms with van der Waals surface area (Å²) in [5.41, 5.74) is 0. The minimum atomic E-state index is -3.03. The standard InChI is InChI=1S/C15H32N2O2S2/c1-5-8-16-15(12-20-13(2)3)10-14-7-6-9-17(11-14)21(4,18)19/h13-16H,5-12H2,1-4H3. The largest absolute Gasteiger partial charge is 0.313 e. The van der Waals surface area contributed by atoms with Crippen LogP contribution in [-0.4, -0.2) is 55.7 Å². The maximum atomic E-state index is 11.7. The van der Waals surface area contributed by atoms with Gasteiger partial charge < -0.3 is 5.32 Å². The zero-order valence-electron chi connectivity index (χ0n) is 14.0. The summed E-state index contributed by atoms with van der Waals surface area (Å²) in [6, 6.07) is 0.502. The first-order valence-electron chi connectivity index (χ1n) is 8.13. The van der Waals surface area contributed by atoms with Crippen LogP contribution in [0.1, 0.15) is 46.5 Å². The van der Waals surface area contributed by atoms with Gasteiger partial charge in [0, 0.05) is 24.9 Å². The van der Waals surface area contributed by atoms with Gasteiger partial charge in [-0.15, -0.1) is 0 Å². The predicted octanol–water partition coefficient (Wildman–Crippen LogP) is 2.56. The molecule has 2 unspecified atom stereocenters. The summed E-state index contributed by atoms with van der Waals surface area (Å²) in [7, 11) is -3.03. The van der Waals surface area contributed by atoms with Crippen molar-refractivity contribution in [1.29, 1.82) is 0 Å². The van der Waals surface area contributed by atoms with Crippen molar-refractivity contribution >= 4 is 21.8 Å². The van der Waals surface area contributed by atoms with Gasteiger partial charge in [0.25, 0.3) is 0 Å². The van der Waals surface area contributed by atoms with E-state index in [1.165, 1.54) is 6.26 Å². The van der Waals surface area contributed by atoms with E-state index in [1.807, 2.05) is 11.8 Å². The molecule has 0 bridgehead atoms. The Labute approximate surface area is 135 Å². The Bertz CT molecular complexity index is 385. The van der Waals surface area contributed by atoms with Crippen LogP contribution in [-0.2, 0) is 10.0 Å². The second-order valence-electron chi connectivity index (χ2n) is 6.40. The van der Waals surface area contributed by atoms with E-state index in [0.29, 0.717) is 30.3 Å². The first-order valence-corrected chi connectivity index (χ1v) is 11.0. The van der Waals surface area contributed by atoms with Crippen LogP contribution < -0.4 is 5.32 Å². The zero-order chi connectivity index (χ0) is 15.9. The van der Waals surface area contributed by atoms with Gasteiger partial charge in [-0.3, -0.25) is 0 Å². The molecular formula is C15H32N2O2S2. The normalized spacial score (nSPS) is 22.6. The molecule has 2 atom stereocenters. The van der Waals surface area contributed by atoms with Gasteiger partial charge in [0.2, 0.25) is 10.0 Å². The van der Waals surface area contributed by atoms with Crippen LogP contribution in [0.4, 0.5) is 0 Å². The van der Waals surface area contributed by atoms with Crippen molar-refractivity contribution in [3.05, 3.63) is 0 Å². The molecule has 0 spiro atoms. The molecule has 0 aromatic rings. The number of thioether (sulfide) groups is 1. The lowest BCUT2D eigenvalue weighted by atomic mass is 9.93. The van der Waals surface area contributed by atoms with Crippen molar-refractivity contribution in [2.75, 3.05) is 31.6 Å². The van der Waals surface area contributed by atoms with E-state index < -0.39 is 10.0 Å². The smallest absolute Gasteiger partial charge is 0.211 e. The molecule has 1 aliphatic heterocycles. The maximum absolute atomic E-state index is 11.7. The molecule has 4 nitrogen and oxygen atoms in total. The molecule has 1 N–H and O–H groups in total. The number of piperidine rings is 1. The van der Waals surface area contributed by atoms with Gasteiger partial charge in [-0.25, -0.2) is 12.7 Å². The van der Waals surface area contributed by atoms with E-state index in [2.05, 4.69) is 26.1 Å². The van der Waals surface area contributed by atoms with Gasteiger partial charge in [0.05, 0.1) is 6.26 Å². The highest BCUT2D eigenvalue weighted by molar-refractivity contribution is 7.99. The molecule has 21 heavy (non-hydrogen) atoms. The molecule has 0 amide bonds. The molecule has 1 aliphatic rings. The molecule has 0 saturated carbocycles. The van der Waals surface area contributed by atoms with Gasteiger partial charge in [0.1, 0.15) is 0 Å². The molecule has 1 fully saturated rings. The molecule has 0 radical (unpaired) electrons. The van der Waals surface area contributed by atoms with Crippen molar-refractivity contribution in [3.8, 4) is 0 Å². The van der Waals surface area contributed by atoms with E-state index in [4.69, 9.17) is 0 Å². The van der Waals surface area contributed by atoms with E-state index in [-0.39, 0.29) is 0 Å². The first-order chi connectivity index (χ1) is 9.82. The van der Waals surface area contributed by atoms with E-state index >= 15 is 0 Å². The van der Waals surface area contributed by atoms with Gasteiger partial charge in [-0.05, 0) is 43.4 Å². The summed E-state index contributed by atoms with van der Waals surface area (Å²) in [6.07, 6.45) is 5.71. The number of nitrogens with zero attached hydrogens (tertiary/aromatic N) is 1. The number of hydrogen-bond donors (Lipinski definition) is 1. The Hall–Kier alpha value is 0.220. The van der Waals surface area contributed by atoms with Gasteiger partial charge in [-0.2, -0.15) is 11.8 Å². The SMILES string of the molecule is CCCNC(CSC(C)C)CC1CCCN(S(C)(=O)=O)C1. The Morgan fingerprint density at radius 2 is 2.10 bits per heavy atom. The first kappa shape index (κ1) is 19.3. The average molecular weight is 337 g/mol. The highest BCUT2D eigenvalue weighted by Crippen LogP contribution is 2.24. The number of nitrogens with one attached hydrogen (secondary N) is 1. The average Bonchev–Trinajstić information content (AvgIpc) is 2.41. The summed E-state index contributed by atoms with van der Waals surface area (Å²) >= 11 is 1.99. The summed E-state index contributed by atoms with van der Waals surface area (Å²) < 4.78 is 25.1. The van der Waals surface area contributed by atoms with Crippen molar-refractivity contribution < 1.29 is 8.42 Å². The Balaban J connectivity index is 2.51. The molecule has 1 heterocycles. The van der Waals surface area contributed by atoms with Gasteiger partial charge >= 0.3 is 0 Å². The van der Waals surface area contributed by atoms with Crippen LogP contribution in [0.3, 0.4) is 0 Å². The molecule has 126 valence electrons. The number of rotatable bonds is 9. The summed E-state index contributed by atoms with van der Waals surface area (Å²) in [4.78, 5) is 0. The lowest BCUT2D eigenvalue weighted by Gasteiger charge is -2.33. The van der Waals surface area contributed by atoms with Crippen LogP contribution in [0.2, 0.25) is 0 Å². The minimum Gasteiger partial charge on any atom is -0.313 e. The van der Waals surface area contributed by atoms with E-state index in [1.54, 1.807) is 4.31 Å². The molecular weight excluding hydrogens is 304 g/mol. The fourth-order valence-corrected chi connectivity index (χ4v) is 4.60. The van der Waals surface area contributed by atoms with Crippen molar-refractivity contribution in [1.82, 2.24) is 9.62 Å². The fraction of sp³-hybridized carbons (Fsp3) is 1.00. The maximum Gasteiger partial charge on any atom is 0.211 e.